The van der Waals surface area contributed by atoms with Crippen LogP contribution in [0.25, 0.3) is 0 Å². The Bertz CT molecular complexity index is 1080. The van der Waals surface area contributed by atoms with Crippen molar-refractivity contribution in [3.63, 3.8) is 0 Å². The highest BCUT2D eigenvalue weighted by molar-refractivity contribution is 7.92. The van der Waals surface area contributed by atoms with E-state index >= 15 is 0 Å². The molecule has 0 saturated carbocycles. The van der Waals surface area contributed by atoms with E-state index in [1.165, 1.54) is 0 Å². The molecule has 2 N–H and O–H groups in total. The van der Waals surface area contributed by atoms with Gasteiger partial charge in [-0.15, -0.1) is 0 Å². The maximum absolute atomic E-state index is 13.1. The van der Waals surface area contributed by atoms with Crippen molar-refractivity contribution < 1.29 is 18.0 Å². The van der Waals surface area contributed by atoms with Crippen molar-refractivity contribution in [2.75, 3.05) is 24.4 Å². The Morgan fingerprint density at radius 3 is 2.55 bits per heavy atom. The molecular formula is C25H33N3O4S. The molecule has 0 spiro atoms. The number of carbonyl (C=O) groups is 2. The van der Waals surface area contributed by atoms with Gasteiger partial charge in [0.1, 0.15) is 0 Å². The quantitative estimate of drug-likeness (QED) is 0.612. The number of piperidine rings is 1. The molecule has 0 aromatic heterocycles. The second-order valence-corrected chi connectivity index (χ2v) is 10.7. The normalized spacial score (nSPS) is 16.5. The number of carbonyl (C=O) groups excluding carboxylic acids is 2. The van der Waals surface area contributed by atoms with E-state index in [4.69, 9.17) is 0 Å². The number of nitrogens with one attached hydrogen (secondary N) is 2. The smallest absolute Gasteiger partial charge is 0.261 e. The van der Waals surface area contributed by atoms with E-state index in [0.29, 0.717) is 36.8 Å². The fraction of sp³-hybridized carbons (Fsp3) is 0.440. The van der Waals surface area contributed by atoms with Crippen molar-refractivity contribution in [1.82, 2.24) is 10.2 Å². The molecule has 7 nitrogen and oxygen atoms in total. The molecule has 2 aromatic carbocycles. The topological polar surface area (TPSA) is 95.6 Å². The molecule has 8 heteroatoms. The first-order chi connectivity index (χ1) is 15.7. The molecule has 1 atom stereocenters. The molecule has 2 aromatic rings. The van der Waals surface area contributed by atoms with Gasteiger partial charge >= 0.3 is 0 Å². The van der Waals surface area contributed by atoms with Gasteiger partial charge in [-0.3, -0.25) is 14.3 Å². The Morgan fingerprint density at radius 1 is 1.12 bits per heavy atom. The van der Waals surface area contributed by atoms with Gasteiger partial charge < -0.3 is 10.2 Å². The number of hydrogen-bond donors (Lipinski definition) is 2. The number of rotatable bonds is 8. The molecular weight excluding hydrogens is 438 g/mol. The highest BCUT2D eigenvalue weighted by Gasteiger charge is 2.29. The number of nitrogens with zero attached hydrogens (tertiary/aromatic N) is 1. The predicted molar refractivity (Wildman–Crippen MR) is 130 cm³/mol. The van der Waals surface area contributed by atoms with Crippen LogP contribution in [0.2, 0.25) is 0 Å². The van der Waals surface area contributed by atoms with Gasteiger partial charge in [0.2, 0.25) is 5.91 Å². The highest BCUT2D eigenvalue weighted by atomic mass is 32.2. The van der Waals surface area contributed by atoms with Gasteiger partial charge in [-0.1, -0.05) is 37.6 Å². The SMILES string of the molecule is Cc1ccc(S(=O)(=O)Nc2cccc(C(=O)N3CCC[C@H](C(=O)NCCC(C)C)C3)c2)cc1. The first-order valence-electron chi connectivity index (χ1n) is 11.4. The monoisotopic (exact) mass is 471 g/mol. The molecule has 2 amide bonds. The molecule has 3 rings (SSSR count). The summed E-state index contributed by atoms with van der Waals surface area (Å²) in [6.07, 6.45) is 2.44. The first kappa shape index (κ1) is 24.8. The molecule has 1 fully saturated rings. The van der Waals surface area contributed by atoms with Gasteiger partial charge in [-0.2, -0.15) is 0 Å². The van der Waals surface area contributed by atoms with Crippen LogP contribution in [0.5, 0.6) is 0 Å². The van der Waals surface area contributed by atoms with E-state index < -0.39 is 10.0 Å². The Balaban J connectivity index is 1.66. The molecule has 0 aliphatic carbocycles. The Hall–Kier alpha value is -2.87. The van der Waals surface area contributed by atoms with Crippen LogP contribution in [0.3, 0.4) is 0 Å². The van der Waals surface area contributed by atoms with Crippen molar-refractivity contribution in [3.8, 4) is 0 Å². The zero-order chi connectivity index (χ0) is 24.0. The average Bonchev–Trinajstić information content (AvgIpc) is 2.78. The molecule has 0 radical (unpaired) electrons. The molecule has 0 unspecified atom stereocenters. The van der Waals surface area contributed by atoms with Crippen LogP contribution in [-0.4, -0.2) is 44.8 Å². The molecule has 1 aliphatic heterocycles. The van der Waals surface area contributed by atoms with Gasteiger partial charge in [0, 0.05) is 30.9 Å². The second kappa shape index (κ2) is 10.8. The molecule has 1 aliphatic rings. The second-order valence-electron chi connectivity index (χ2n) is 9.06. The summed E-state index contributed by atoms with van der Waals surface area (Å²) in [5.74, 6) is 0.0855. The minimum Gasteiger partial charge on any atom is -0.356 e. The lowest BCUT2D eigenvalue weighted by Crippen LogP contribution is -2.45. The van der Waals surface area contributed by atoms with Gasteiger partial charge in [-0.25, -0.2) is 8.42 Å². The molecule has 178 valence electrons. The third kappa shape index (κ3) is 6.81. The maximum atomic E-state index is 13.1. The van der Waals surface area contributed by atoms with Gasteiger partial charge in [0.25, 0.3) is 15.9 Å². The Labute approximate surface area is 196 Å². The summed E-state index contributed by atoms with van der Waals surface area (Å²) in [7, 11) is -3.76. The van der Waals surface area contributed by atoms with E-state index in [2.05, 4.69) is 23.9 Å². The summed E-state index contributed by atoms with van der Waals surface area (Å²) in [6.45, 7) is 7.70. The molecule has 1 heterocycles. The average molecular weight is 472 g/mol. The van der Waals surface area contributed by atoms with E-state index in [-0.39, 0.29) is 22.6 Å². The summed E-state index contributed by atoms with van der Waals surface area (Å²) >= 11 is 0. The summed E-state index contributed by atoms with van der Waals surface area (Å²) in [4.78, 5) is 27.5. The largest absolute Gasteiger partial charge is 0.356 e. The maximum Gasteiger partial charge on any atom is 0.261 e. The zero-order valence-corrected chi connectivity index (χ0v) is 20.3. The zero-order valence-electron chi connectivity index (χ0n) is 19.5. The summed E-state index contributed by atoms with van der Waals surface area (Å²) in [5, 5.41) is 2.98. The van der Waals surface area contributed by atoms with E-state index in [1.54, 1.807) is 53.4 Å². The van der Waals surface area contributed by atoms with Crippen LogP contribution < -0.4 is 10.0 Å². The molecule has 0 bridgehead atoms. The van der Waals surface area contributed by atoms with E-state index in [0.717, 1.165) is 24.8 Å². The lowest BCUT2D eigenvalue weighted by molar-refractivity contribution is -0.126. The van der Waals surface area contributed by atoms with Crippen LogP contribution in [0.1, 0.15) is 49.0 Å². The molecule has 33 heavy (non-hydrogen) atoms. The van der Waals surface area contributed by atoms with Crippen molar-refractivity contribution in [2.45, 2.75) is 44.9 Å². The number of aryl methyl sites for hydroxylation is 1. The number of hydrogen-bond acceptors (Lipinski definition) is 4. The lowest BCUT2D eigenvalue weighted by atomic mass is 9.96. The number of benzene rings is 2. The minimum absolute atomic E-state index is 0.00670. The van der Waals surface area contributed by atoms with Gasteiger partial charge in [-0.05, 0) is 62.4 Å². The van der Waals surface area contributed by atoms with Crippen LogP contribution in [0.4, 0.5) is 5.69 Å². The predicted octanol–water partition coefficient (Wildman–Crippen LogP) is 3.81. The van der Waals surface area contributed by atoms with Crippen molar-refractivity contribution >= 4 is 27.5 Å². The summed E-state index contributed by atoms with van der Waals surface area (Å²) in [6, 6.07) is 13.0. The van der Waals surface area contributed by atoms with Crippen molar-refractivity contribution in [2.24, 2.45) is 11.8 Å². The Kier molecular flexibility index (Phi) is 8.13. The third-order valence-corrected chi connectivity index (χ3v) is 7.19. The standard InChI is InChI=1S/C25H33N3O4S/c1-18(2)13-14-26-24(29)21-7-5-15-28(17-21)25(30)20-6-4-8-22(16-20)27-33(31,32)23-11-9-19(3)10-12-23/h4,6,8-12,16,18,21,27H,5,7,13-15,17H2,1-3H3,(H,26,29)/t21-/m0/s1. The Morgan fingerprint density at radius 2 is 1.85 bits per heavy atom. The lowest BCUT2D eigenvalue weighted by Gasteiger charge is -2.32. The number of anilines is 1. The van der Waals surface area contributed by atoms with Crippen LogP contribution in [0.15, 0.2) is 53.4 Å². The molecule has 1 saturated heterocycles. The van der Waals surface area contributed by atoms with Gasteiger partial charge in [0.05, 0.1) is 10.8 Å². The number of amides is 2. The highest BCUT2D eigenvalue weighted by Crippen LogP contribution is 2.22. The van der Waals surface area contributed by atoms with Crippen LogP contribution in [0, 0.1) is 18.8 Å². The fourth-order valence-corrected chi connectivity index (χ4v) is 4.88. The van der Waals surface area contributed by atoms with Gasteiger partial charge in [0.15, 0.2) is 0 Å². The van der Waals surface area contributed by atoms with Crippen molar-refractivity contribution in [1.29, 1.82) is 0 Å². The number of likely N-dealkylation sites (tertiary alicyclic amines) is 1. The van der Waals surface area contributed by atoms with E-state index in [9.17, 15) is 18.0 Å². The van der Waals surface area contributed by atoms with Crippen LogP contribution in [-0.2, 0) is 14.8 Å². The summed E-state index contributed by atoms with van der Waals surface area (Å²) in [5.41, 5.74) is 1.68. The summed E-state index contributed by atoms with van der Waals surface area (Å²) < 4.78 is 27.9. The first-order valence-corrected chi connectivity index (χ1v) is 12.9. The third-order valence-electron chi connectivity index (χ3n) is 5.79. The van der Waals surface area contributed by atoms with Crippen molar-refractivity contribution in [3.05, 3.63) is 59.7 Å². The van der Waals surface area contributed by atoms with E-state index in [1.807, 2.05) is 6.92 Å². The fourth-order valence-electron chi connectivity index (χ4n) is 3.83. The minimum atomic E-state index is -3.76. The number of sulfonamides is 1. The van der Waals surface area contributed by atoms with Crippen LogP contribution >= 0.6 is 0 Å².